The molecular formula is C14H19Cl2NO3. The summed E-state index contributed by atoms with van der Waals surface area (Å²) < 4.78 is 10.8. The summed E-state index contributed by atoms with van der Waals surface area (Å²) in [5.74, 6) is 0.601. The van der Waals surface area contributed by atoms with Crippen LogP contribution in [0.15, 0.2) is 18.2 Å². The van der Waals surface area contributed by atoms with Gasteiger partial charge in [0.05, 0.1) is 10.0 Å². The second-order valence-electron chi connectivity index (χ2n) is 4.84. The van der Waals surface area contributed by atoms with Gasteiger partial charge in [0.1, 0.15) is 18.5 Å². The van der Waals surface area contributed by atoms with Crippen LogP contribution >= 0.6 is 23.2 Å². The summed E-state index contributed by atoms with van der Waals surface area (Å²) in [6.07, 6.45) is 1.41. The average molecular weight is 320 g/mol. The van der Waals surface area contributed by atoms with Crippen LogP contribution in [0.2, 0.25) is 10.0 Å². The monoisotopic (exact) mass is 319 g/mol. The maximum Gasteiger partial charge on any atom is 0.121 e. The first-order valence-electron chi connectivity index (χ1n) is 6.72. The SMILES string of the molecule is OC(CNC1CCOCC1)COc1ccc(Cl)c(Cl)c1. The number of ether oxygens (including phenoxy) is 2. The van der Waals surface area contributed by atoms with Gasteiger partial charge in [0.2, 0.25) is 0 Å². The molecule has 6 heteroatoms. The van der Waals surface area contributed by atoms with E-state index in [1.54, 1.807) is 18.2 Å². The molecule has 4 nitrogen and oxygen atoms in total. The van der Waals surface area contributed by atoms with E-state index in [1.165, 1.54) is 0 Å². The molecular weight excluding hydrogens is 301 g/mol. The van der Waals surface area contributed by atoms with Crippen molar-refractivity contribution in [2.75, 3.05) is 26.4 Å². The van der Waals surface area contributed by atoms with Crippen LogP contribution in [0.1, 0.15) is 12.8 Å². The summed E-state index contributed by atoms with van der Waals surface area (Å²) in [4.78, 5) is 0. The molecule has 1 unspecified atom stereocenters. The van der Waals surface area contributed by atoms with Crippen molar-refractivity contribution in [3.63, 3.8) is 0 Å². The lowest BCUT2D eigenvalue weighted by Gasteiger charge is -2.24. The van der Waals surface area contributed by atoms with E-state index < -0.39 is 6.10 Å². The number of benzene rings is 1. The third-order valence-electron chi connectivity index (χ3n) is 3.20. The molecule has 2 rings (SSSR count). The second kappa shape index (κ2) is 8.05. The standard InChI is InChI=1S/C14H19Cl2NO3/c15-13-2-1-12(7-14(13)16)20-9-11(18)8-17-10-3-5-19-6-4-10/h1-2,7,10-11,17-18H,3-6,8-9H2. The van der Waals surface area contributed by atoms with E-state index in [0.29, 0.717) is 28.4 Å². The maximum absolute atomic E-state index is 9.89. The highest BCUT2D eigenvalue weighted by Gasteiger charge is 2.15. The molecule has 1 aliphatic rings. The van der Waals surface area contributed by atoms with E-state index in [9.17, 15) is 5.11 Å². The Balaban J connectivity index is 1.68. The van der Waals surface area contributed by atoms with Crippen LogP contribution in [-0.2, 0) is 4.74 Å². The van der Waals surface area contributed by atoms with Gasteiger partial charge in [-0.2, -0.15) is 0 Å². The Morgan fingerprint density at radius 2 is 2.05 bits per heavy atom. The Morgan fingerprint density at radius 3 is 2.75 bits per heavy atom. The van der Waals surface area contributed by atoms with Gasteiger partial charge in [-0.1, -0.05) is 23.2 Å². The van der Waals surface area contributed by atoms with Gasteiger partial charge < -0.3 is 19.9 Å². The van der Waals surface area contributed by atoms with Crippen molar-refractivity contribution in [1.82, 2.24) is 5.32 Å². The second-order valence-corrected chi connectivity index (χ2v) is 5.65. The molecule has 0 spiro atoms. The summed E-state index contributed by atoms with van der Waals surface area (Å²) >= 11 is 11.7. The van der Waals surface area contributed by atoms with Gasteiger partial charge in [0.15, 0.2) is 0 Å². The van der Waals surface area contributed by atoms with Crippen LogP contribution in [0, 0.1) is 0 Å². The van der Waals surface area contributed by atoms with Crippen LogP contribution in [-0.4, -0.2) is 43.6 Å². The molecule has 0 saturated carbocycles. The van der Waals surface area contributed by atoms with Gasteiger partial charge in [-0.3, -0.25) is 0 Å². The van der Waals surface area contributed by atoms with Crippen molar-refractivity contribution in [3.05, 3.63) is 28.2 Å². The van der Waals surface area contributed by atoms with Crippen molar-refractivity contribution >= 4 is 23.2 Å². The summed E-state index contributed by atoms with van der Waals surface area (Å²) in [5.41, 5.74) is 0. The summed E-state index contributed by atoms with van der Waals surface area (Å²) in [7, 11) is 0. The number of hydrogen-bond donors (Lipinski definition) is 2. The number of halogens is 2. The number of hydrogen-bond acceptors (Lipinski definition) is 4. The molecule has 0 radical (unpaired) electrons. The molecule has 2 N–H and O–H groups in total. The molecule has 0 bridgehead atoms. The zero-order chi connectivity index (χ0) is 14.4. The summed E-state index contributed by atoms with van der Waals surface area (Å²) in [6, 6.07) is 5.46. The Labute approximate surface area is 129 Å². The molecule has 112 valence electrons. The largest absolute Gasteiger partial charge is 0.491 e. The maximum atomic E-state index is 9.89. The zero-order valence-electron chi connectivity index (χ0n) is 11.1. The minimum atomic E-state index is -0.563. The number of aliphatic hydroxyl groups excluding tert-OH is 1. The third kappa shape index (κ3) is 5.11. The normalized spacial score (nSPS) is 17.9. The van der Waals surface area contributed by atoms with Gasteiger partial charge in [0.25, 0.3) is 0 Å². The van der Waals surface area contributed by atoms with E-state index in [2.05, 4.69) is 5.32 Å². The first kappa shape index (κ1) is 15.9. The molecule has 1 aromatic carbocycles. The number of aliphatic hydroxyl groups is 1. The molecule has 0 aromatic heterocycles. The minimum absolute atomic E-state index is 0.216. The van der Waals surface area contributed by atoms with Crippen molar-refractivity contribution < 1.29 is 14.6 Å². The van der Waals surface area contributed by atoms with Gasteiger partial charge in [-0.15, -0.1) is 0 Å². The lowest BCUT2D eigenvalue weighted by Crippen LogP contribution is -2.40. The Kier molecular flexibility index (Phi) is 6.39. The lowest BCUT2D eigenvalue weighted by molar-refractivity contribution is 0.0655. The van der Waals surface area contributed by atoms with Gasteiger partial charge in [-0.25, -0.2) is 0 Å². The predicted octanol–water partition coefficient (Wildman–Crippen LogP) is 2.50. The van der Waals surface area contributed by atoms with Crippen LogP contribution in [0.4, 0.5) is 0 Å². The number of rotatable bonds is 6. The van der Waals surface area contributed by atoms with Crippen molar-refractivity contribution in [2.45, 2.75) is 25.0 Å². The highest BCUT2D eigenvalue weighted by Crippen LogP contribution is 2.26. The summed E-state index contributed by atoms with van der Waals surface area (Å²) in [5, 5.41) is 14.1. The first-order chi connectivity index (χ1) is 9.65. The van der Waals surface area contributed by atoms with Gasteiger partial charge in [0, 0.05) is 31.9 Å². The topological polar surface area (TPSA) is 50.7 Å². The Morgan fingerprint density at radius 1 is 1.30 bits per heavy atom. The predicted molar refractivity (Wildman–Crippen MR) is 79.8 cm³/mol. The van der Waals surface area contributed by atoms with E-state index in [-0.39, 0.29) is 6.61 Å². The smallest absolute Gasteiger partial charge is 0.121 e. The molecule has 1 saturated heterocycles. The van der Waals surface area contributed by atoms with E-state index in [0.717, 1.165) is 26.1 Å². The average Bonchev–Trinajstić information content (AvgIpc) is 2.47. The van der Waals surface area contributed by atoms with Gasteiger partial charge in [-0.05, 0) is 25.0 Å². The fourth-order valence-electron chi connectivity index (χ4n) is 2.02. The Bertz CT molecular complexity index is 425. The van der Waals surface area contributed by atoms with E-state index in [4.69, 9.17) is 32.7 Å². The van der Waals surface area contributed by atoms with Crippen molar-refractivity contribution in [3.8, 4) is 5.75 Å². The van der Waals surface area contributed by atoms with Crippen LogP contribution in [0.25, 0.3) is 0 Å². The molecule has 1 aromatic rings. The molecule has 1 atom stereocenters. The van der Waals surface area contributed by atoms with Crippen molar-refractivity contribution in [2.24, 2.45) is 0 Å². The molecule has 1 fully saturated rings. The van der Waals surface area contributed by atoms with Crippen LogP contribution < -0.4 is 10.1 Å². The Hall–Kier alpha value is -0.520. The molecule has 20 heavy (non-hydrogen) atoms. The minimum Gasteiger partial charge on any atom is -0.491 e. The highest BCUT2D eigenvalue weighted by atomic mass is 35.5. The lowest BCUT2D eigenvalue weighted by atomic mass is 10.1. The molecule has 0 aliphatic carbocycles. The van der Waals surface area contributed by atoms with E-state index in [1.807, 2.05) is 0 Å². The number of nitrogens with one attached hydrogen (secondary N) is 1. The molecule has 1 aliphatic heterocycles. The van der Waals surface area contributed by atoms with Crippen LogP contribution in [0.3, 0.4) is 0 Å². The first-order valence-corrected chi connectivity index (χ1v) is 7.48. The fourth-order valence-corrected chi connectivity index (χ4v) is 2.31. The molecule has 1 heterocycles. The van der Waals surface area contributed by atoms with Crippen molar-refractivity contribution in [1.29, 1.82) is 0 Å². The van der Waals surface area contributed by atoms with Crippen LogP contribution in [0.5, 0.6) is 5.75 Å². The molecule has 0 amide bonds. The third-order valence-corrected chi connectivity index (χ3v) is 3.94. The van der Waals surface area contributed by atoms with Gasteiger partial charge >= 0.3 is 0 Å². The summed E-state index contributed by atoms with van der Waals surface area (Å²) in [6.45, 7) is 2.29. The fraction of sp³-hybridized carbons (Fsp3) is 0.571. The zero-order valence-corrected chi connectivity index (χ0v) is 12.7. The highest BCUT2D eigenvalue weighted by molar-refractivity contribution is 6.42. The van der Waals surface area contributed by atoms with E-state index >= 15 is 0 Å². The quantitative estimate of drug-likeness (QED) is 0.846.